The van der Waals surface area contributed by atoms with Crippen LogP contribution in [0.15, 0.2) is 52.9 Å². The Morgan fingerprint density at radius 3 is 2.58 bits per heavy atom. The van der Waals surface area contributed by atoms with E-state index in [0.717, 1.165) is 11.3 Å². The van der Waals surface area contributed by atoms with Gasteiger partial charge in [-0.15, -0.1) is 0 Å². The van der Waals surface area contributed by atoms with Crippen molar-refractivity contribution in [3.63, 3.8) is 0 Å². The van der Waals surface area contributed by atoms with Crippen molar-refractivity contribution in [2.75, 3.05) is 12.4 Å². The molecule has 6 heteroatoms. The van der Waals surface area contributed by atoms with E-state index in [2.05, 4.69) is 5.32 Å². The van der Waals surface area contributed by atoms with Crippen molar-refractivity contribution in [1.82, 2.24) is 0 Å². The van der Waals surface area contributed by atoms with Gasteiger partial charge in [-0.3, -0.25) is 0 Å². The van der Waals surface area contributed by atoms with Gasteiger partial charge in [0.05, 0.1) is 23.7 Å². The third-order valence-electron chi connectivity index (χ3n) is 3.48. The van der Waals surface area contributed by atoms with Gasteiger partial charge in [0.1, 0.15) is 23.1 Å². The molecule has 0 bridgehead atoms. The molecular formula is C18H14Cl2FNO2. The number of anilines is 1. The van der Waals surface area contributed by atoms with E-state index in [1.165, 1.54) is 12.1 Å². The molecule has 2 aromatic carbocycles. The van der Waals surface area contributed by atoms with E-state index in [4.69, 9.17) is 32.4 Å². The number of methoxy groups -OCH3 is 1. The van der Waals surface area contributed by atoms with E-state index in [9.17, 15) is 4.39 Å². The fourth-order valence-corrected chi connectivity index (χ4v) is 2.68. The second kappa shape index (κ2) is 7.16. The van der Waals surface area contributed by atoms with Crippen LogP contribution in [0.2, 0.25) is 10.0 Å². The van der Waals surface area contributed by atoms with Gasteiger partial charge in [-0.05, 0) is 48.5 Å². The van der Waals surface area contributed by atoms with Crippen molar-refractivity contribution >= 4 is 28.9 Å². The monoisotopic (exact) mass is 365 g/mol. The molecule has 1 N–H and O–H groups in total. The third kappa shape index (κ3) is 3.66. The summed E-state index contributed by atoms with van der Waals surface area (Å²) in [5.41, 5.74) is 1.57. The highest BCUT2D eigenvalue weighted by molar-refractivity contribution is 6.32. The maximum Gasteiger partial charge on any atom is 0.141 e. The predicted molar refractivity (Wildman–Crippen MR) is 94.4 cm³/mol. The molecule has 0 saturated carbocycles. The van der Waals surface area contributed by atoms with Crippen molar-refractivity contribution in [2.24, 2.45) is 0 Å². The highest BCUT2D eigenvalue weighted by Gasteiger charge is 2.08. The minimum atomic E-state index is -0.445. The standard InChI is InChI=1S/C18H14Cl2FNO2/c1-23-18-6-2-11(8-15(18)20)17-7-4-13(24-17)10-22-12-3-5-16(21)14(19)9-12/h2-9,22H,10H2,1H3. The Morgan fingerprint density at radius 2 is 1.88 bits per heavy atom. The summed E-state index contributed by atoms with van der Waals surface area (Å²) in [7, 11) is 1.57. The zero-order chi connectivity index (χ0) is 17.1. The van der Waals surface area contributed by atoms with Crippen LogP contribution in [0, 0.1) is 5.82 Å². The first kappa shape index (κ1) is 16.7. The minimum Gasteiger partial charge on any atom is -0.495 e. The van der Waals surface area contributed by atoms with Crippen LogP contribution in [0.25, 0.3) is 11.3 Å². The van der Waals surface area contributed by atoms with Gasteiger partial charge in [-0.2, -0.15) is 0 Å². The molecular weight excluding hydrogens is 352 g/mol. The zero-order valence-corrected chi connectivity index (χ0v) is 14.3. The largest absolute Gasteiger partial charge is 0.495 e. The molecule has 3 rings (SSSR count). The Morgan fingerprint density at radius 1 is 1.04 bits per heavy atom. The molecule has 0 unspecified atom stereocenters. The highest BCUT2D eigenvalue weighted by atomic mass is 35.5. The van der Waals surface area contributed by atoms with E-state index in [1.54, 1.807) is 25.3 Å². The van der Waals surface area contributed by atoms with Crippen LogP contribution in [0.3, 0.4) is 0 Å². The van der Waals surface area contributed by atoms with Gasteiger partial charge in [0.25, 0.3) is 0 Å². The van der Waals surface area contributed by atoms with Crippen LogP contribution in [0.5, 0.6) is 5.75 Å². The van der Waals surface area contributed by atoms with Crippen molar-refractivity contribution in [1.29, 1.82) is 0 Å². The van der Waals surface area contributed by atoms with Crippen LogP contribution in [0.4, 0.5) is 10.1 Å². The topological polar surface area (TPSA) is 34.4 Å². The Bertz CT molecular complexity index is 864. The maximum absolute atomic E-state index is 13.1. The lowest BCUT2D eigenvalue weighted by atomic mass is 10.2. The van der Waals surface area contributed by atoms with Gasteiger partial charge in [0.15, 0.2) is 0 Å². The fourth-order valence-electron chi connectivity index (χ4n) is 2.24. The number of nitrogens with one attached hydrogen (secondary N) is 1. The first-order chi connectivity index (χ1) is 11.6. The summed E-state index contributed by atoms with van der Waals surface area (Å²) in [5.74, 6) is 1.60. The van der Waals surface area contributed by atoms with Gasteiger partial charge < -0.3 is 14.5 Å². The van der Waals surface area contributed by atoms with Gasteiger partial charge >= 0.3 is 0 Å². The van der Waals surface area contributed by atoms with Crippen molar-refractivity contribution < 1.29 is 13.5 Å². The normalized spacial score (nSPS) is 10.7. The molecule has 124 valence electrons. The first-order valence-corrected chi connectivity index (χ1v) is 7.94. The van der Waals surface area contributed by atoms with E-state index >= 15 is 0 Å². The van der Waals surface area contributed by atoms with E-state index in [0.29, 0.717) is 28.8 Å². The molecule has 3 nitrogen and oxygen atoms in total. The summed E-state index contributed by atoms with van der Waals surface area (Å²) in [5, 5.41) is 3.73. The highest BCUT2D eigenvalue weighted by Crippen LogP contribution is 2.31. The SMILES string of the molecule is COc1ccc(-c2ccc(CNc3ccc(F)c(Cl)c3)o2)cc1Cl. The Labute approximate surface area is 149 Å². The smallest absolute Gasteiger partial charge is 0.141 e. The Kier molecular flexibility index (Phi) is 4.97. The van der Waals surface area contributed by atoms with Crippen LogP contribution in [-0.2, 0) is 6.54 Å². The average molecular weight is 366 g/mol. The number of furan rings is 1. The first-order valence-electron chi connectivity index (χ1n) is 7.18. The molecule has 0 radical (unpaired) electrons. The number of rotatable bonds is 5. The molecule has 1 aromatic heterocycles. The minimum absolute atomic E-state index is 0.0769. The molecule has 0 aliphatic carbocycles. The molecule has 0 fully saturated rings. The lowest BCUT2D eigenvalue weighted by molar-refractivity contribution is 0.415. The summed E-state index contributed by atoms with van der Waals surface area (Å²) < 4.78 is 24.1. The predicted octanol–water partition coefficient (Wildman–Crippen LogP) is 6.01. The molecule has 1 heterocycles. The summed E-state index contributed by atoms with van der Waals surface area (Å²) in [6.45, 7) is 0.450. The average Bonchev–Trinajstić information content (AvgIpc) is 3.05. The molecule has 0 aliphatic heterocycles. The lowest BCUT2D eigenvalue weighted by Crippen LogP contribution is -1.98. The Balaban J connectivity index is 1.71. The van der Waals surface area contributed by atoms with Gasteiger partial charge in [0.2, 0.25) is 0 Å². The summed E-state index contributed by atoms with van der Waals surface area (Å²) >= 11 is 11.9. The summed E-state index contributed by atoms with van der Waals surface area (Å²) in [6.07, 6.45) is 0. The number of hydrogen-bond donors (Lipinski definition) is 1. The summed E-state index contributed by atoms with van der Waals surface area (Å²) in [4.78, 5) is 0. The van der Waals surface area contributed by atoms with Crippen LogP contribution in [0.1, 0.15) is 5.76 Å². The summed E-state index contributed by atoms with van der Waals surface area (Å²) in [6, 6.07) is 13.7. The Hall–Kier alpha value is -2.17. The zero-order valence-electron chi connectivity index (χ0n) is 12.8. The number of hydrogen-bond acceptors (Lipinski definition) is 3. The maximum atomic E-state index is 13.1. The molecule has 24 heavy (non-hydrogen) atoms. The molecule has 0 amide bonds. The quantitative estimate of drug-likeness (QED) is 0.600. The fraction of sp³-hybridized carbons (Fsp3) is 0.111. The number of halogens is 3. The van der Waals surface area contributed by atoms with E-state index in [1.807, 2.05) is 18.2 Å². The second-order valence-electron chi connectivity index (χ2n) is 5.10. The number of ether oxygens (including phenoxy) is 1. The van der Waals surface area contributed by atoms with Crippen LogP contribution in [-0.4, -0.2) is 7.11 Å². The lowest BCUT2D eigenvalue weighted by Gasteiger charge is -2.06. The molecule has 0 spiro atoms. The van der Waals surface area contributed by atoms with Gasteiger partial charge in [-0.25, -0.2) is 4.39 Å². The van der Waals surface area contributed by atoms with Gasteiger partial charge in [0, 0.05) is 11.3 Å². The molecule has 0 saturated heterocycles. The molecule has 0 aliphatic rings. The van der Waals surface area contributed by atoms with Crippen molar-refractivity contribution in [3.8, 4) is 17.1 Å². The van der Waals surface area contributed by atoms with Crippen LogP contribution < -0.4 is 10.1 Å². The second-order valence-corrected chi connectivity index (χ2v) is 5.91. The molecule has 3 aromatic rings. The molecule has 0 atom stereocenters. The van der Waals surface area contributed by atoms with E-state index < -0.39 is 5.82 Å². The third-order valence-corrected chi connectivity index (χ3v) is 4.07. The van der Waals surface area contributed by atoms with Crippen molar-refractivity contribution in [2.45, 2.75) is 6.54 Å². The number of benzene rings is 2. The van der Waals surface area contributed by atoms with E-state index in [-0.39, 0.29) is 5.02 Å². The van der Waals surface area contributed by atoms with Crippen LogP contribution >= 0.6 is 23.2 Å². The van der Waals surface area contributed by atoms with Crippen molar-refractivity contribution in [3.05, 3.63) is 70.2 Å². The van der Waals surface area contributed by atoms with Gasteiger partial charge in [-0.1, -0.05) is 23.2 Å².